The lowest BCUT2D eigenvalue weighted by Gasteiger charge is -2.12. The Morgan fingerprint density at radius 1 is 1.44 bits per heavy atom. The minimum Gasteiger partial charge on any atom is -0.327 e. The summed E-state index contributed by atoms with van der Waals surface area (Å²) >= 11 is 0. The van der Waals surface area contributed by atoms with Gasteiger partial charge in [0.15, 0.2) is 0 Å². The van der Waals surface area contributed by atoms with E-state index in [1.807, 2.05) is 0 Å². The summed E-state index contributed by atoms with van der Waals surface area (Å²) in [7, 11) is 0. The van der Waals surface area contributed by atoms with Gasteiger partial charge in [0, 0.05) is 6.54 Å². The zero-order valence-corrected chi connectivity index (χ0v) is 9.61. The summed E-state index contributed by atoms with van der Waals surface area (Å²) in [5.74, 6) is 1.21. The number of hydrogen-bond donors (Lipinski definition) is 1. The molecule has 3 rings (SSSR count). The molecule has 1 unspecified atom stereocenters. The van der Waals surface area contributed by atoms with Crippen molar-refractivity contribution >= 4 is 11.0 Å². The molecule has 84 valence electrons. The SMILES string of the molecule is CCn1c(C2CCCN2)nc2ccccc21. The molecule has 16 heavy (non-hydrogen) atoms. The molecule has 0 bridgehead atoms. The summed E-state index contributed by atoms with van der Waals surface area (Å²) < 4.78 is 2.33. The van der Waals surface area contributed by atoms with Crippen LogP contribution in [0.3, 0.4) is 0 Å². The normalized spacial score (nSPS) is 20.7. The van der Waals surface area contributed by atoms with Crippen LogP contribution >= 0.6 is 0 Å². The second-order valence-corrected chi connectivity index (χ2v) is 4.35. The highest BCUT2D eigenvalue weighted by Gasteiger charge is 2.22. The minimum absolute atomic E-state index is 0.451. The van der Waals surface area contributed by atoms with Crippen molar-refractivity contribution in [3.05, 3.63) is 30.1 Å². The van der Waals surface area contributed by atoms with E-state index in [0.29, 0.717) is 6.04 Å². The van der Waals surface area contributed by atoms with E-state index in [4.69, 9.17) is 4.98 Å². The number of para-hydroxylation sites is 2. The summed E-state index contributed by atoms with van der Waals surface area (Å²) in [6.45, 7) is 4.30. The van der Waals surface area contributed by atoms with Crippen LogP contribution in [0.2, 0.25) is 0 Å². The first kappa shape index (κ1) is 9.85. The van der Waals surface area contributed by atoms with E-state index in [1.165, 1.54) is 24.2 Å². The summed E-state index contributed by atoms with van der Waals surface area (Å²) in [6.07, 6.45) is 2.47. The van der Waals surface area contributed by atoms with Gasteiger partial charge in [-0.1, -0.05) is 12.1 Å². The molecule has 0 aliphatic carbocycles. The van der Waals surface area contributed by atoms with Crippen molar-refractivity contribution in [3.63, 3.8) is 0 Å². The number of nitrogens with zero attached hydrogens (tertiary/aromatic N) is 2. The van der Waals surface area contributed by atoms with Gasteiger partial charge in [-0.2, -0.15) is 0 Å². The van der Waals surface area contributed by atoms with E-state index < -0.39 is 0 Å². The number of fused-ring (bicyclic) bond motifs is 1. The van der Waals surface area contributed by atoms with Gasteiger partial charge in [-0.05, 0) is 38.4 Å². The van der Waals surface area contributed by atoms with Crippen molar-refractivity contribution in [1.29, 1.82) is 0 Å². The van der Waals surface area contributed by atoms with Gasteiger partial charge >= 0.3 is 0 Å². The van der Waals surface area contributed by atoms with Crippen LogP contribution in [0.4, 0.5) is 0 Å². The molecule has 2 aromatic rings. The van der Waals surface area contributed by atoms with Crippen LogP contribution in [0.1, 0.15) is 31.6 Å². The molecule has 0 saturated carbocycles. The van der Waals surface area contributed by atoms with Gasteiger partial charge in [0.2, 0.25) is 0 Å². The van der Waals surface area contributed by atoms with Crippen LogP contribution in [-0.4, -0.2) is 16.1 Å². The fourth-order valence-corrected chi connectivity index (χ4v) is 2.60. The van der Waals surface area contributed by atoms with Crippen LogP contribution in [-0.2, 0) is 6.54 Å². The summed E-state index contributed by atoms with van der Waals surface area (Å²) in [6, 6.07) is 8.85. The molecular formula is C13H17N3. The third-order valence-electron chi connectivity index (χ3n) is 3.37. The molecule has 0 spiro atoms. The molecule has 0 radical (unpaired) electrons. The number of imidazole rings is 1. The van der Waals surface area contributed by atoms with Crippen molar-refractivity contribution in [2.45, 2.75) is 32.4 Å². The van der Waals surface area contributed by atoms with Gasteiger partial charge in [0.1, 0.15) is 5.82 Å². The van der Waals surface area contributed by atoms with Crippen LogP contribution < -0.4 is 5.32 Å². The maximum Gasteiger partial charge on any atom is 0.127 e. The Bertz CT molecular complexity index is 495. The van der Waals surface area contributed by atoms with E-state index in [9.17, 15) is 0 Å². The highest BCUT2D eigenvalue weighted by molar-refractivity contribution is 5.76. The van der Waals surface area contributed by atoms with Gasteiger partial charge in [-0.15, -0.1) is 0 Å². The maximum absolute atomic E-state index is 4.77. The predicted molar refractivity (Wildman–Crippen MR) is 65.4 cm³/mol. The Morgan fingerprint density at radius 2 is 2.31 bits per heavy atom. The van der Waals surface area contributed by atoms with Crippen molar-refractivity contribution in [3.8, 4) is 0 Å². The topological polar surface area (TPSA) is 29.9 Å². The van der Waals surface area contributed by atoms with E-state index in [-0.39, 0.29) is 0 Å². The number of rotatable bonds is 2. The molecule has 3 nitrogen and oxygen atoms in total. The lowest BCUT2D eigenvalue weighted by molar-refractivity contribution is 0.565. The van der Waals surface area contributed by atoms with Crippen molar-refractivity contribution in [2.24, 2.45) is 0 Å². The zero-order valence-electron chi connectivity index (χ0n) is 9.61. The highest BCUT2D eigenvalue weighted by atomic mass is 15.1. The average molecular weight is 215 g/mol. The van der Waals surface area contributed by atoms with E-state index in [0.717, 1.165) is 18.6 Å². The number of aryl methyl sites for hydroxylation is 1. The summed E-state index contributed by atoms with van der Waals surface area (Å²) in [4.78, 5) is 4.77. The van der Waals surface area contributed by atoms with E-state index in [2.05, 4.69) is 41.1 Å². The molecule has 1 fully saturated rings. The number of aromatic nitrogens is 2. The smallest absolute Gasteiger partial charge is 0.127 e. The zero-order chi connectivity index (χ0) is 11.0. The second-order valence-electron chi connectivity index (χ2n) is 4.35. The Morgan fingerprint density at radius 3 is 3.06 bits per heavy atom. The van der Waals surface area contributed by atoms with Crippen LogP contribution in [0.15, 0.2) is 24.3 Å². The fraction of sp³-hybridized carbons (Fsp3) is 0.462. The molecule has 1 aliphatic heterocycles. The fourth-order valence-electron chi connectivity index (χ4n) is 2.60. The van der Waals surface area contributed by atoms with E-state index >= 15 is 0 Å². The largest absolute Gasteiger partial charge is 0.327 e. The van der Waals surface area contributed by atoms with Gasteiger partial charge in [0.25, 0.3) is 0 Å². The Balaban J connectivity index is 2.15. The molecule has 1 saturated heterocycles. The summed E-state index contributed by atoms with van der Waals surface area (Å²) in [5.41, 5.74) is 2.38. The molecule has 1 aromatic carbocycles. The first-order valence-electron chi connectivity index (χ1n) is 6.08. The number of benzene rings is 1. The number of nitrogens with one attached hydrogen (secondary N) is 1. The van der Waals surface area contributed by atoms with Gasteiger partial charge in [-0.25, -0.2) is 4.98 Å². The molecular weight excluding hydrogens is 198 g/mol. The van der Waals surface area contributed by atoms with Crippen LogP contribution in [0.25, 0.3) is 11.0 Å². The Kier molecular flexibility index (Phi) is 2.40. The Hall–Kier alpha value is -1.35. The van der Waals surface area contributed by atoms with Gasteiger partial charge < -0.3 is 9.88 Å². The second kappa shape index (κ2) is 3.91. The maximum atomic E-state index is 4.77. The monoisotopic (exact) mass is 215 g/mol. The molecule has 1 N–H and O–H groups in total. The third-order valence-corrected chi connectivity index (χ3v) is 3.37. The first-order chi connectivity index (χ1) is 7.90. The van der Waals surface area contributed by atoms with Crippen molar-refractivity contribution < 1.29 is 0 Å². The predicted octanol–water partition coefficient (Wildman–Crippen LogP) is 2.48. The van der Waals surface area contributed by atoms with Gasteiger partial charge in [-0.3, -0.25) is 0 Å². The molecule has 2 heterocycles. The first-order valence-corrected chi connectivity index (χ1v) is 6.08. The molecule has 3 heteroatoms. The lowest BCUT2D eigenvalue weighted by atomic mass is 10.2. The lowest BCUT2D eigenvalue weighted by Crippen LogP contribution is -2.17. The standard InChI is InChI=1S/C13H17N3/c1-2-16-12-8-4-3-6-10(12)15-13(16)11-7-5-9-14-11/h3-4,6,8,11,14H,2,5,7,9H2,1H3. The molecule has 1 atom stereocenters. The average Bonchev–Trinajstić information content (AvgIpc) is 2.95. The van der Waals surface area contributed by atoms with Crippen molar-refractivity contribution in [2.75, 3.05) is 6.54 Å². The quantitative estimate of drug-likeness (QED) is 0.834. The molecule has 1 aliphatic rings. The third kappa shape index (κ3) is 1.43. The number of hydrogen-bond acceptors (Lipinski definition) is 2. The van der Waals surface area contributed by atoms with Crippen LogP contribution in [0.5, 0.6) is 0 Å². The summed E-state index contributed by atoms with van der Waals surface area (Å²) in [5, 5.41) is 3.53. The van der Waals surface area contributed by atoms with Crippen molar-refractivity contribution in [1.82, 2.24) is 14.9 Å². The minimum atomic E-state index is 0.451. The Labute approximate surface area is 95.5 Å². The van der Waals surface area contributed by atoms with Gasteiger partial charge in [0.05, 0.1) is 17.1 Å². The van der Waals surface area contributed by atoms with E-state index in [1.54, 1.807) is 0 Å². The highest BCUT2D eigenvalue weighted by Crippen LogP contribution is 2.26. The van der Waals surface area contributed by atoms with Crippen LogP contribution in [0, 0.1) is 0 Å². The molecule has 1 aromatic heterocycles. The molecule has 0 amide bonds.